The van der Waals surface area contributed by atoms with Crippen LogP contribution in [0.4, 0.5) is 0 Å². The van der Waals surface area contributed by atoms with Crippen LogP contribution < -0.4 is 0 Å². The standard InChI is InChI=1S/C8H9GeO/c1-10-8(9)7-5-3-2-4-6-7/h2-6,8H,1H3. The van der Waals surface area contributed by atoms with Crippen LogP contribution in [0.3, 0.4) is 0 Å². The predicted octanol–water partition coefficient (Wildman–Crippen LogP) is 1.50. The summed E-state index contributed by atoms with van der Waals surface area (Å²) in [6.45, 7) is 0. The molecule has 3 radical (unpaired) electrons. The summed E-state index contributed by atoms with van der Waals surface area (Å²) in [5.41, 5.74) is 1.23. The SMILES string of the molecule is CO[CH]([Ge])c1ccccc1. The number of methoxy groups -OCH3 is 1. The summed E-state index contributed by atoms with van der Waals surface area (Å²) in [6, 6.07) is 10.2. The van der Waals surface area contributed by atoms with Crippen LogP contribution in [0.1, 0.15) is 10.5 Å². The molecule has 1 aromatic carbocycles. The maximum atomic E-state index is 5.14. The van der Waals surface area contributed by atoms with E-state index in [0.717, 1.165) is 0 Å². The van der Waals surface area contributed by atoms with Crippen LogP contribution in [0, 0.1) is 0 Å². The fourth-order valence-electron chi connectivity index (χ4n) is 0.764. The molecule has 0 heterocycles. The Hall–Kier alpha value is -0.277. The van der Waals surface area contributed by atoms with E-state index in [2.05, 4.69) is 12.1 Å². The van der Waals surface area contributed by atoms with Gasteiger partial charge >= 0.3 is 69.2 Å². The van der Waals surface area contributed by atoms with Gasteiger partial charge in [0, 0.05) is 0 Å². The van der Waals surface area contributed by atoms with Crippen molar-refractivity contribution in [3.8, 4) is 0 Å². The zero-order valence-electron chi connectivity index (χ0n) is 5.87. The van der Waals surface area contributed by atoms with Crippen LogP contribution in [0.15, 0.2) is 30.3 Å². The Morgan fingerprint density at radius 1 is 1.30 bits per heavy atom. The average molecular weight is 194 g/mol. The molecular formula is C8H9GeO. The summed E-state index contributed by atoms with van der Waals surface area (Å²) in [4.78, 5) is 0.209. The minimum atomic E-state index is 0.209. The van der Waals surface area contributed by atoms with E-state index in [0.29, 0.717) is 0 Å². The van der Waals surface area contributed by atoms with Gasteiger partial charge in [-0.3, -0.25) is 0 Å². The van der Waals surface area contributed by atoms with Crippen LogP contribution in [-0.4, -0.2) is 23.6 Å². The molecular weight excluding hydrogens is 185 g/mol. The number of hydrogen-bond acceptors (Lipinski definition) is 1. The van der Waals surface area contributed by atoms with E-state index in [1.165, 1.54) is 5.56 Å². The van der Waals surface area contributed by atoms with Crippen LogP contribution in [-0.2, 0) is 4.74 Å². The van der Waals surface area contributed by atoms with Gasteiger partial charge in [0.05, 0.1) is 0 Å². The maximum absolute atomic E-state index is 5.14. The van der Waals surface area contributed by atoms with E-state index in [1.54, 1.807) is 7.11 Å². The monoisotopic (exact) mass is 195 g/mol. The number of rotatable bonds is 2. The van der Waals surface area contributed by atoms with Crippen molar-refractivity contribution >= 4 is 16.5 Å². The quantitative estimate of drug-likeness (QED) is 0.648. The molecule has 1 atom stereocenters. The van der Waals surface area contributed by atoms with Crippen molar-refractivity contribution in [2.24, 2.45) is 0 Å². The first-order valence-corrected chi connectivity index (χ1v) is 4.34. The molecule has 0 saturated heterocycles. The van der Waals surface area contributed by atoms with Crippen molar-refractivity contribution in [3.63, 3.8) is 0 Å². The second-order valence-electron chi connectivity index (χ2n) is 2.03. The predicted molar refractivity (Wildman–Crippen MR) is 41.9 cm³/mol. The third kappa shape index (κ3) is 1.85. The van der Waals surface area contributed by atoms with E-state index in [1.807, 2.05) is 34.7 Å². The molecule has 0 aliphatic rings. The van der Waals surface area contributed by atoms with E-state index in [4.69, 9.17) is 4.74 Å². The summed E-state index contributed by atoms with van der Waals surface area (Å²) in [6.07, 6.45) is 0. The Bertz CT molecular complexity index is 186. The van der Waals surface area contributed by atoms with Crippen LogP contribution in [0.2, 0.25) is 0 Å². The number of ether oxygens (including phenoxy) is 1. The van der Waals surface area contributed by atoms with Gasteiger partial charge in [-0.1, -0.05) is 0 Å². The molecule has 0 amide bonds. The van der Waals surface area contributed by atoms with Gasteiger partial charge in [-0.05, 0) is 0 Å². The average Bonchev–Trinajstić information content (AvgIpc) is 2.05. The second kappa shape index (κ2) is 3.79. The van der Waals surface area contributed by atoms with E-state index in [9.17, 15) is 0 Å². The molecule has 2 heteroatoms. The molecule has 0 N–H and O–H groups in total. The third-order valence-corrected chi connectivity index (χ3v) is 2.53. The molecule has 0 aromatic heterocycles. The summed E-state index contributed by atoms with van der Waals surface area (Å²) < 4.78 is 5.14. The Labute approximate surface area is 69.6 Å². The molecule has 10 heavy (non-hydrogen) atoms. The van der Waals surface area contributed by atoms with Crippen molar-refractivity contribution in [3.05, 3.63) is 35.9 Å². The topological polar surface area (TPSA) is 9.23 Å². The first-order chi connectivity index (χ1) is 4.84. The van der Waals surface area contributed by atoms with Crippen molar-refractivity contribution in [1.29, 1.82) is 0 Å². The molecule has 1 unspecified atom stereocenters. The molecule has 0 aliphatic carbocycles. The van der Waals surface area contributed by atoms with Crippen molar-refractivity contribution in [2.45, 2.75) is 4.94 Å². The molecule has 0 fully saturated rings. The van der Waals surface area contributed by atoms with Gasteiger partial charge in [-0.25, -0.2) is 0 Å². The second-order valence-corrected chi connectivity index (χ2v) is 3.13. The Kier molecular flexibility index (Phi) is 2.96. The van der Waals surface area contributed by atoms with E-state index >= 15 is 0 Å². The van der Waals surface area contributed by atoms with Crippen molar-refractivity contribution < 1.29 is 4.74 Å². The van der Waals surface area contributed by atoms with Crippen molar-refractivity contribution in [2.75, 3.05) is 7.11 Å². The summed E-state index contributed by atoms with van der Waals surface area (Å²) in [5, 5.41) is 0. The molecule has 0 spiro atoms. The minimum absolute atomic E-state index is 0.209. The fourth-order valence-corrected chi connectivity index (χ4v) is 1.17. The molecule has 0 bridgehead atoms. The summed E-state index contributed by atoms with van der Waals surface area (Å²) in [7, 11) is 1.72. The Balaban J connectivity index is 2.75. The van der Waals surface area contributed by atoms with Gasteiger partial charge in [-0.2, -0.15) is 0 Å². The van der Waals surface area contributed by atoms with Gasteiger partial charge in [0.25, 0.3) is 0 Å². The Morgan fingerprint density at radius 3 is 2.40 bits per heavy atom. The molecule has 0 aliphatic heterocycles. The normalized spacial score (nSPS) is 13.0. The Morgan fingerprint density at radius 2 is 1.90 bits per heavy atom. The fraction of sp³-hybridized carbons (Fsp3) is 0.250. The van der Waals surface area contributed by atoms with Gasteiger partial charge in [-0.15, -0.1) is 0 Å². The molecule has 1 nitrogen and oxygen atoms in total. The van der Waals surface area contributed by atoms with Gasteiger partial charge in [0.15, 0.2) is 0 Å². The molecule has 51 valence electrons. The van der Waals surface area contributed by atoms with Crippen LogP contribution in [0.5, 0.6) is 0 Å². The zero-order valence-corrected chi connectivity index (χ0v) is 7.97. The molecule has 1 rings (SSSR count). The van der Waals surface area contributed by atoms with Gasteiger partial charge in [0.2, 0.25) is 0 Å². The van der Waals surface area contributed by atoms with E-state index < -0.39 is 0 Å². The van der Waals surface area contributed by atoms with Crippen LogP contribution >= 0.6 is 0 Å². The molecule has 0 saturated carbocycles. The first kappa shape index (κ1) is 7.83. The third-order valence-electron chi connectivity index (χ3n) is 1.34. The van der Waals surface area contributed by atoms with E-state index in [-0.39, 0.29) is 4.94 Å². The zero-order chi connectivity index (χ0) is 7.40. The summed E-state index contributed by atoms with van der Waals surface area (Å²) in [5.74, 6) is 0. The first-order valence-electron chi connectivity index (χ1n) is 3.13. The van der Waals surface area contributed by atoms with Gasteiger partial charge in [0.1, 0.15) is 0 Å². The number of benzene rings is 1. The van der Waals surface area contributed by atoms with Crippen LogP contribution in [0.25, 0.3) is 0 Å². The molecule has 1 aromatic rings. The number of hydrogen-bond donors (Lipinski definition) is 0. The van der Waals surface area contributed by atoms with Crippen molar-refractivity contribution in [1.82, 2.24) is 0 Å². The summed E-state index contributed by atoms with van der Waals surface area (Å²) >= 11 is 2.04. The van der Waals surface area contributed by atoms with Gasteiger partial charge < -0.3 is 0 Å².